The van der Waals surface area contributed by atoms with E-state index in [0.717, 1.165) is 27.6 Å². The second kappa shape index (κ2) is 11.9. The van der Waals surface area contributed by atoms with Gasteiger partial charge in [-0.3, -0.25) is 5.10 Å². The molecular formula is C30H35N5O4. The number of carbonyl (C=O) groups is 1. The molecule has 9 nitrogen and oxygen atoms in total. The van der Waals surface area contributed by atoms with Crippen molar-refractivity contribution in [2.45, 2.75) is 50.1 Å². The van der Waals surface area contributed by atoms with Gasteiger partial charge >= 0.3 is 6.03 Å². The maximum Gasteiger partial charge on any atom is 0.321 e. The van der Waals surface area contributed by atoms with Crippen molar-refractivity contribution in [2.75, 3.05) is 18.9 Å². The molecule has 1 aliphatic rings. The topological polar surface area (TPSA) is 139 Å². The van der Waals surface area contributed by atoms with Crippen LogP contribution in [0.25, 0.3) is 10.9 Å². The van der Waals surface area contributed by atoms with Gasteiger partial charge in [0.2, 0.25) is 0 Å². The molecule has 5 rings (SSSR count). The van der Waals surface area contributed by atoms with Crippen molar-refractivity contribution >= 4 is 22.8 Å². The van der Waals surface area contributed by atoms with Crippen molar-refractivity contribution in [3.05, 3.63) is 95.6 Å². The van der Waals surface area contributed by atoms with Gasteiger partial charge in [-0.2, -0.15) is 5.10 Å². The minimum atomic E-state index is -1.20. The third-order valence-electron chi connectivity index (χ3n) is 7.57. The standard InChI is InChI=1S/C30H35N5O4/c31-29-23-16-22(12-13-24(23)32-33-29)19-35-26(18-21-10-5-2-6-11-21)28(38)27(37)25(17-20-8-3-1-4-9-20)34(30(35)39)14-7-15-36/h1-6,8-13,16,25-28,36-38H,7,14-15,17-19H2,(H3,31,32,33)/t25-,26-,27+,28+/m1/s1. The highest BCUT2D eigenvalue weighted by Gasteiger charge is 2.46. The van der Waals surface area contributed by atoms with Gasteiger partial charge in [0.05, 0.1) is 17.6 Å². The van der Waals surface area contributed by atoms with Crippen LogP contribution in [-0.4, -0.2) is 78.8 Å². The van der Waals surface area contributed by atoms with Gasteiger partial charge in [0.25, 0.3) is 0 Å². The van der Waals surface area contributed by atoms with Crippen LogP contribution in [0.4, 0.5) is 10.6 Å². The first-order valence-electron chi connectivity index (χ1n) is 13.3. The minimum Gasteiger partial charge on any atom is -0.396 e. The zero-order valence-corrected chi connectivity index (χ0v) is 21.7. The predicted molar refractivity (Wildman–Crippen MR) is 150 cm³/mol. The van der Waals surface area contributed by atoms with Crippen LogP contribution in [0.15, 0.2) is 78.9 Å². The molecule has 204 valence electrons. The molecule has 1 aromatic heterocycles. The van der Waals surface area contributed by atoms with E-state index in [0.29, 0.717) is 25.1 Å². The lowest BCUT2D eigenvalue weighted by atomic mass is 9.91. The number of nitrogens with one attached hydrogen (secondary N) is 1. The van der Waals surface area contributed by atoms with Crippen molar-refractivity contribution < 1.29 is 20.1 Å². The normalized spacial score (nSPS) is 21.9. The summed E-state index contributed by atoms with van der Waals surface area (Å²) in [5.74, 6) is 0.373. The number of carbonyl (C=O) groups excluding carboxylic acids is 1. The molecule has 0 radical (unpaired) electrons. The quantitative estimate of drug-likeness (QED) is 0.226. The molecule has 0 spiro atoms. The molecule has 4 atom stereocenters. The molecular weight excluding hydrogens is 494 g/mol. The molecule has 2 amide bonds. The van der Waals surface area contributed by atoms with E-state index in [2.05, 4.69) is 10.2 Å². The number of rotatable bonds is 9. The Bertz CT molecular complexity index is 1380. The van der Waals surface area contributed by atoms with Crippen molar-refractivity contribution in [1.29, 1.82) is 0 Å². The third kappa shape index (κ3) is 5.75. The van der Waals surface area contributed by atoms with E-state index < -0.39 is 24.3 Å². The molecule has 1 aliphatic heterocycles. The number of benzene rings is 3. The molecule has 1 fully saturated rings. The molecule has 39 heavy (non-hydrogen) atoms. The largest absolute Gasteiger partial charge is 0.396 e. The number of amides is 2. The third-order valence-corrected chi connectivity index (χ3v) is 7.57. The van der Waals surface area contributed by atoms with Crippen LogP contribution >= 0.6 is 0 Å². The lowest BCUT2D eigenvalue weighted by molar-refractivity contribution is -0.0404. The van der Waals surface area contributed by atoms with E-state index >= 15 is 0 Å². The van der Waals surface area contributed by atoms with Gasteiger partial charge in [0, 0.05) is 25.1 Å². The van der Waals surface area contributed by atoms with Gasteiger partial charge in [-0.25, -0.2) is 4.79 Å². The highest BCUT2D eigenvalue weighted by atomic mass is 16.3. The first kappa shape index (κ1) is 26.7. The van der Waals surface area contributed by atoms with Gasteiger partial charge in [-0.15, -0.1) is 0 Å². The maximum atomic E-state index is 14.3. The minimum absolute atomic E-state index is 0.0929. The number of nitrogen functional groups attached to an aromatic ring is 1. The maximum absolute atomic E-state index is 14.3. The first-order valence-corrected chi connectivity index (χ1v) is 13.3. The second-order valence-electron chi connectivity index (χ2n) is 10.2. The van der Waals surface area contributed by atoms with Gasteiger partial charge < -0.3 is 30.9 Å². The zero-order chi connectivity index (χ0) is 27.4. The van der Waals surface area contributed by atoms with Crippen LogP contribution in [0.1, 0.15) is 23.1 Å². The average Bonchev–Trinajstić information content (AvgIpc) is 3.31. The Balaban J connectivity index is 1.55. The Morgan fingerprint density at radius 3 is 2.00 bits per heavy atom. The molecule has 0 aliphatic carbocycles. The highest BCUT2D eigenvalue weighted by molar-refractivity contribution is 5.89. The summed E-state index contributed by atoms with van der Waals surface area (Å²) in [6.45, 7) is 0.359. The Hall–Kier alpha value is -3.92. The van der Waals surface area contributed by atoms with Crippen LogP contribution < -0.4 is 5.73 Å². The summed E-state index contributed by atoms with van der Waals surface area (Å²) in [4.78, 5) is 17.6. The molecule has 0 bridgehead atoms. The number of anilines is 1. The fraction of sp³-hybridized carbons (Fsp3) is 0.333. The Kier molecular flexibility index (Phi) is 8.11. The Labute approximate surface area is 227 Å². The van der Waals surface area contributed by atoms with E-state index in [4.69, 9.17) is 5.73 Å². The molecule has 4 aromatic rings. The van der Waals surface area contributed by atoms with E-state index in [1.165, 1.54) is 0 Å². The number of fused-ring (bicyclic) bond motifs is 1. The second-order valence-corrected chi connectivity index (χ2v) is 10.2. The number of aromatic amines is 1. The molecule has 1 saturated heterocycles. The summed E-state index contributed by atoms with van der Waals surface area (Å²) in [7, 11) is 0. The van der Waals surface area contributed by atoms with Gasteiger partial charge in [0.1, 0.15) is 12.2 Å². The molecule has 9 heteroatoms. The summed E-state index contributed by atoms with van der Waals surface area (Å²) in [5.41, 5.74) is 9.56. The van der Waals surface area contributed by atoms with E-state index in [1.807, 2.05) is 78.9 Å². The zero-order valence-electron chi connectivity index (χ0n) is 21.7. The molecule has 2 heterocycles. The molecule has 6 N–H and O–H groups in total. The van der Waals surface area contributed by atoms with Crippen molar-refractivity contribution in [3.8, 4) is 0 Å². The summed E-state index contributed by atoms with van der Waals surface area (Å²) in [6, 6.07) is 23.3. The number of aliphatic hydroxyl groups excluding tert-OH is 3. The van der Waals surface area contributed by atoms with Crippen LogP contribution in [0.5, 0.6) is 0 Å². The van der Waals surface area contributed by atoms with E-state index in [-0.39, 0.29) is 25.7 Å². The SMILES string of the molecule is Nc1n[nH]c2ccc(CN3C(=O)N(CCCO)[C@H](Cc4ccccc4)[C@H](O)[C@@H](O)[C@H]3Cc3ccccc3)cc12. The van der Waals surface area contributed by atoms with Crippen molar-refractivity contribution in [2.24, 2.45) is 0 Å². The monoisotopic (exact) mass is 529 g/mol. The number of aromatic nitrogens is 2. The summed E-state index contributed by atoms with van der Waals surface area (Å²) in [5, 5.41) is 40.6. The van der Waals surface area contributed by atoms with Gasteiger partial charge in [-0.1, -0.05) is 66.7 Å². The predicted octanol–water partition coefficient (Wildman–Crippen LogP) is 2.71. The highest BCUT2D eigenvalue weighted by Crippen LogP contribution is 2.30. The molecule has 3 aromatic carbocycles. The van der Waals surface area contributed by atoms with E-state index in [9.17, 15) is 20.1 Å². The van der Waals surface area contributed by atoms with Crippen molar-refractivity contribution in [1.82, 2.24) is 20.0 Å². The number of nitrogens with zero attached hydrogens (tertiary/aromatic N) is 3. The van der Waals surface area contributed by atoms with E-state index in [1.54, 1.807) is 9.80 Å². The average molecular weight is 530 g/mol. The smallest absolute Gasteiger partial charge is 0.321 e. The van der Waals surface area contributed by atoms with Gasteiger partial charge in [-0.05, 0) is 48.1 Å². The van der Waals surface area contributed by atoms with Gasteiger partial charge in [0.15, 0.2) is 5.82 Å². The Morgan fingerprint density at radius 2 is 1.41 bits per heavy atom. The number of H-pyrrole nitrogens is 1. The van der Waals surface area contributed by atoms with Crippen LogP contribution in [-0.2, 0) is 19.4 Å². The summed E-state index contributed by atoms with van der Waals surface area (Å²) < 4.78 is 0. The fourth-order valence-electron chi connectivity index (χ4n) is 5.51. The number of nitrogens with two attached hydrogens (primary N) is 1. The number of urea groups is 1. The molecule has 0 saturated carbocycles. The fourth-order valence-corrected chi connectivity index (χ4v) is 5.51. The van der Waals surface area contributed by atoms with Crippen LogP contribution in [0, 0.1) is 0 Å². The lowest BCUT2D eigenvalue weighted by Gasteiger charge is -2.35. The summed E-state index contributed by atoms with van der Waals surface area (Å²) in [6.07, 6.45) is -1.30. The Morgan fingerprint density at radius 1 is 0.821 bits per heavy atom. The number of hydrogen-bond donors (Lipinski definition) is 5. The molecule has 0 unspecified atom stereocenters. The number of aliphatic hydroxyl groups is 3. The van der Waals surface area contributed by atoms with Crippen molar-refractivity contribution in [3.63, 3.8) is 0 Å². The first-order chi connectivity index (χ1) is 19.0. The summed E-state index contributed by atoms with van der Waals surface area (Å²) >= 11 is 0. The lowest BCUT2D eigenvalue weighted by Crippen LogP contribution is -2.51. The number of hydrogen-bond acceptors (Lipinski definition) is 6. The van der Waals surface area contributed by atoms with Crippen LogP contribution in [0.3, 0.4) is 0 Å². The van der Waals surface area contributed by atoms with Crippen LogP contribution in [0.2, 0.25) is 0 Å².